The predicted octanol–water partition coefficient (Wildman–Crippen LogP) is 3.10. The van der Waals surface area contributed by atoms with Crippen molar-refractivity contribution in [3.63, 3.8) is 0 Å². The molecule has 0 aliphatic carbocycles. The molecule has 1 unspecified atom stereocenters. The first kappa shape index (κ1) is 23.0. The van der Waals surface area contributed by atoms with Crippen LogP contribution in [0.25, 0.3) is 12.2 Å². The molecule has 0 bridgehead atoms. The Morgan fingerprint density at radius 3 is 2.50 bits per heavy atom. The fraction of sp³-hybridized carbons (Fsp3) is 0.192. The molecule has 1 aliphatic heterocycles. The van der Waals surface area contributed by atoms with Gasteiger partial charge in [-0.15, -0.1) is 0 Å². The number of quaternary nitrogens is 1. The van der Waals surface area contributed by atoms with Crippen LogP contribution in [0.3, 0.4) is 0 Å². The second kappa shape index (κ2) is 10.2. The van der Waals surface area contributed by atoms with Crippen molar-refractivity contribution in [3.05, 3.63) is 71.3 Å². The van der Waals surface area contributed by atoms with Crippen molar-refractivity contribution in [2.45, 2.75) is 12.5 Å². The predicted molar refractivity (Wildman–Crippen MR) is 128 cm³/mol. The Labute approximate surface area is 197 Å². The number of fused-ring (bicyclic) bond motifs is 1. The molecule has 1 aliphatic rings. The number of anilines is 1. The van der Waals surface area contributed by atoms with Gasteiger partial charge in [0.25, 0.3) is 5.91 Å². The van der Waals surface area contributed by atoms with Gasteiger partial charge in [-0.25, -0.2) is 0 Å². The molecular formula is C26H27N2O6+. The summed E-state index contributed by atoms with van der Waals surface area (Å²) in [5, 5.41) is 12.3. The average Bonchev–Trinajstić information content (AvgIpc) is 3.32. The summed E-state index contributed by atoms with van der Waals surface area (Å²) in [6.45, 7) is 0.167. The van der Waals surface area contributed by atoms with Crippen molar-refractivity contribution >= 4 is 23.7 Å². The van der Waals surface area contributed by atoms with Crippen molar-refractivity contribution < 1.29 is 34.6 Å². The minimum absolute atomic E-state index is 0.167. The number of nitrogens with one attached hydrogen (secondary N) is 1. The van der Waals surface area contributed by atoms with Gasteiger partial charge in [0.1, 0.15) is 11.5 Å². The Morgan fingerprint density at radius 1 is 1.03 bits per heavy atom. The molecule has 3 aromatic carbocycles. The molecule has 1 atom stereocenters. The van der Waals surface area contributed by atoms with Crippen molar-refractivity contribution in [2.75, 3.05) is 26.3 Å². The summed E-state index contributed by atoms with van der Waals surface area (Å²) in [6.07, 6.45) is 4.29. The Balaban J connectivity index is 1.49. The molecule has 8 heteroatoms. The minimum Gasteiger partial charge on any atom is -0.508 e. The van der Waals surface area contributed by atoms with Gasteiger partial charge in [0, 0.05) is 6.42 Å². The van der Waals surface area contributed by atoms with Gasteiger partial charge in [-0.05, 0) is 53.1 Å². The molecule has 0 fully saturated rings. The number of phenols is 1. The second-order valence-electron chi connectivity index (χ2n) is 7.81. The summed E-state index contributed by atoms with van der Waals surface area (Å²) in [5.74, 6) is 2.34. The lowest BCUT2D eigenvalue weighted by atomic mass is 10.1. The summed E-state index contributed by atoms with van der Waals surface area (Å²) in [7, 11) is 3.14. The van der Waals surface area contributed by atoms with E-state index in [2.05, 4.69) is 11.1 Å². The molecule has 0 radical (unpaired) electrons. The van der Waals surface area contributed by atoms with Crippen LogP contribution in [-0.2, 0) is 11.2 Å². The third kappa shape index (κ3) is 5.24. The first-order valence-corrected chi connectivity index (χ1v) is 10.7. The lowest BCUT2D eigenvalue weighted by molar-refractivity contribution is -0.402. The van der Waals surface area contributed by atoms with E-state index in [1.807, 2.05) is 36.4 Å². The second-order valence-corrected chi connectivity index (χ2v) is 7.81. The van der Waals surface area contributed by atoms with Crippen LogP contribution in [0.2, 0.25) is 0 Å². The Morgan fingerprint density at radius 2 is 1.76 bits per heavy atom. The number of benzene rings is 3. The summed E-state index contributed by atoms with van der Waals surface area (Å²) in [5.41, 5.74) is 7.20. The molecular weight excluding hydrogens is 436 g/mol. The number of hydrogen-bond acceptors (Lipinski definition) is 6. The van der Waals surface area contributed by atoms with E-state index in [0.717, 1.165) is 16.7 Å². The van der Waals surface area contributed by atoms with Crippen LogP contribution < -0.4 is 30.0 Å². The van der Waals surface area contributed by atoms with E-state index < -0.39 is 6.04 Å². The van der Waals surface area contributed by atoms with Crippen LogP contribution in [0.4, 0.5) is 5.69 Å². The van der Waals surface area contributed by atoms with Crippen molar-refractivity contribution in [1.82, 2.24) is 0 Å². The fourth-order valence-corrected chi connectivity index (χ4v) is 3.61. The number of methoxy groups -OCH3 is 2. The van der Waals surface area contributed by atoms with Gasteiger partial charge in [-0.2, -0.15) is 0 Å². The molecule has 0 saturated carbocycles. The van der Waals surface area contributed by atoms with Crippen LogP contribution >= 0.6 is 0 Å². The van der Waals surface area contributed by atoms with Gasteiger partial charge < -0.3 is 35.1 Å². The highest BCUT2D eigenvalue weighted by molar-refractivity contribution is 5.95. The Kier molecular flexibility index (Phi) is 6.89. The molecule has 34 heavy (non-hydrogen) atoms. The van der Waals surface area contributed by atoms with E-state index in [1.54, 1.807) is 44.6 Å². The van der Waals surface area contributed by atoms with Gasteiger partial charge in [0.05, 0.1) is 19.9 Å². The molecule has 8 nitrogen and oxygen atoms in total. The van der Waals surface area contributed by atoms with Gasteiger partial charge in [0.2, 0.25) is 12.5 Å². The standard InChI is InChI=1S/C26H26N2O6/c1-31-22-10-7-17(3-4-18-13-23(32-2)25-24(14-18)33-15-34-25)12-21(22)28-26(30)20(27)11-16-5-8-19(29)9-6-16/h3-10,12-14,20,29H,11,15,27H2,1-2H3,(H,28,30)/p+1/b4-3-. The third-order valence-electron chi connectivity index (χ3n) is 5.42. The first-order chi connectivity index (χ1) is 16.5. The van der Waals surface area contributed by atoms with Crippen molar-refractivity contribution in [3.8, 4) is 28.7 Å². The van der Waals surface area contributed by atoms with E-state index in [-0.39, 0.29) is 18.4 Å². The van der Waals surface area contributed by atoms with E-state index in [4.69, 9.17) is 18.9 Å². The lowest BCUT2D eigenvalue weighted by Gasteiger charge is -2.13. The van der Waals surface area contributed by atoms with Gasteiger partial charge in [-0.1, -0.05) is 30.4 Å². The van der Waals surface area contributed by atoms with Gasteiger partial charge >= 0.3 is 0 Å². The highest BCUT2D eigenvalue weighted by Crippen LogP contribution is 2.42. The highest BCUT2D eigenvalue weighted by Gasteiger charge is 2.21. The highest BCUT2D eigenvalue weighted by atomic mass is 16.7. The van der Waals surface area contributed by atoms with E-state index in [9.17, 15) is 9.90 Å². The molecule has 1 amide bonds. The molecule has 0 saturated heterocycles. The zero-order valence-corrected chi connectivity index (χ0v) is 19.0. The zero-order chi connectivity index (χ0) is 24.1. The molecule has 3 aromatic rings. The monoisotopic (exact) mass is 463 g/mol. The summed E-state index contributed by atoms with van der Waals surface area (Å²) in [4.78, 5) is 12.8. The number of carbonyl (C=O) groups excluding carboxylic acids is 1. The summed E-state index contributed by atoms with van der Waals surface area (Å²) >= 11 is 0. The smallest absolute Gasteiger partial charge is 0.282 e. The minimum atomic E-state index is -0.519. The number of carbonyl (C=O) groups is 1. The average molecular weight is 464 g/mol. The first-order valence-electron chi connectivity index (χ1n) is 10.7. The largest absolute Gasteiger partial charge is 0.508 e. The Hall–Kier alpha value is -4.17. The van der Waals surface area contributed by atoms with Crippen LogP contribution in [0.1, 0.15) is 16.7 Å². The Bertz CT molecular complexity index is 1210. The fourth-order valence-electron chi connectivity index (χ4n) is 3.61. The molecule has 4 rings (SSSR count). The van der Waals surface area contributed by atoms with Crippen LogP contribution in [-0.4, -0.2) is 38.1 Å². The topological polar surface area (TPSA) is 114 Å². The maximum absolute atomic E-state index is 12.8. The number of rotatable bonds is 8. The van der Waals surface area contributed by atoms with Gasteiger partial charge in [0.15, 0.2) is 17.5 Å². The lowest BCUT2D eigenvalue weighted by Crippen LogP contribution is -2.67. The van der Waals surface area contributed by atoms with Crippen LogP contribution in [0.5, 0.6) is 28.7 Å². The molecule has 0 aromatic heterocycles. The van der Waals surface area contributed by atoms with Gasteiger partial charge in [-0.3, -0.25) is 4.79 Å². The van der Waals surface area contributed by atoms with E-state index in [1.165, 1.54) is 0 Å². The maximum atomic E-state index is 12.8. The molecule has 176 valence electrons. The van der Waals surface area contributed by atoms with Crippen molar-refractivity contribution in [1.29, 1.82) is 0 Å². The quantitative estimate of drug-likeness (QED) is 0.443. The SMILES string of the molecule is COc1ccc(/C=C\c2cc(OC)c3c(c2)OCO3)cc1NC(=O)C([NH3+])Cc1ccc(O)cc1. The summed E-state index contributed by atoms with van der Waals surface area (Å²) in [6, 6.07) is 15.5. The normalized spacial score (nSPS) is 13.0. The van der Waals surface area contributed by atoms with E-state index in [0.29, 0.717) is 35.1 Å². The van der Waals surface area contributed by atoms with E-state index >= 15 is 0 Å². The summed E-state index contributed by atoms with van der Waals surface area (Å²) < 4.78 is 21.7. The number of phenolic OH excluding ortho intramolecular Hbond substituents is 1. The number of ether oxygens (including phenoxy) is 4. The molecule has 1 heterocycles. The third-order valence-corrected chi connectivity index (χ3v) is 5.42. The molecule has 5 N–H and O–H groups in total. The van der Waals surface area contributed by atoms with Crippen LogP contribution in [0, 0.1) is 0 Å². The zero-order valence-electron chi connectivity index (χ0n) is 19.0. The van der Waals surface area contributed by atoms with Crippen molar-refractivity contribution in [2.24, 2.45) is 0 Å². The number of amides is 1. The maximum Gasteiger partial charge on any atom is 0.282 e. The number of hydrogen-bond donors (Lipinski definition) is 3. The number of aromatic hydroxyl groups is 1. The van der Waals surface area contributed by atoms with Crippen LogP contribution in [0.15, 0.2) is 54.6 Å². The molecule has 0 spiro atoms.